The molecule has 2 rings (SSSR count). The van der Waals surface area contributed by atoms with E-state index in [0.29, 0.717) is 18.5 Å². The van der Waals surface area contributed by atoms with Gasteiger partial charge in [-0.15, -0.1) is 11.3 Å². The van der Waals surface area contributed by atoms with Gasteiger partial charge in [-0.3, -0.25) is 9.69 Å². The number of rotatable bonds is 5. The number of likely N-dealkylation sites (N-methyl/N-ethyl adjacent to an activating group) is 1. The van der Waals surface area contributed by atoms with E-state index in [-0.39, 0.29) is 5.91 Å². The van der Waals surface area contributed by atoms with E-state index in [0.717, 1.165) is 16.8 Å². The number of nitrogens with zero attached hydrogens (tertiary/aromatic N) is 1. The number of carbonyl (C=O) groups is 1. The average molecular weight is 359 g/mol. The maximum atomic E-state index is 12.1. The van der Waals surface area contributed by atoms with Crippen molar-refractivity contribution in [3.63, 3.8) is 0 Å². The minimum absolute atomic E-state index is 0.153. The van der Waals surface area contributed by atoms with E-state index in [1.807, 2.05) is 7.05 Å². The third-order valence-corrected chi connectivity index (χ3v) is 5.50. The van der Waals surface area contributed by atoms with E-state index in [4.69, 9.17) is 0 Å². The van der Waals surface area contributed by atoms with Crippen molar-refractivity contribution in [1.29, 1.82) is 0 Å². The Balaban J connectivity index is 1.75. The average Bonchev–Trinajstić information content (AvgIpc) is 2.77. The van der Waals surface area contributed by atoms with Gasteiger partial charge in [0.25, 0.3) is 0 Å². The second-order valence-corrected chi connectivity index (χ2v) is 8.16. The molecule has 5 heteroatoms. The second-order valence-electron chi connectivity index (χ2n) is 5.87. The van der Waals surface area contributed by atoms with E-state index >= 15 is 0 Å². The lowest BCUT2D eigenvalue weighted by Gasteiger charge is -2.30. The quantitative estimate of drug-likeness (QED) is 0.871. The van der Waals surface area contributed by atoms with Crippen LogP contribution in [0.4, 0.5) is 0 Å². The first kappa shape index (κ1) is 16.0. The van der Waals surface area contributed by atoms with Gasteiger partial charge in [0.2, 0.25) is 5.91 Å². The summed E-state index contributed by atoms with van der Waals surface area (Å²) in [5, 5.41) is 5.33. The lowest BCUT2D eigenvalue weighted by molar-refractivity contribution is -0.123. The van der Waals surface area contributed by atoms with Crippen LogP contribution in [-0.4, -0.2) is 30.4 Å². The molecular weight excluding hydrogens is 336 g/mol. The van der Waals surface area contributed by atoms with Crippen LogP contribution in [0.2, 0.25) is 0 Å². The van der Waals surface area contributed by atoms with Crippen molar-refractivity contribution in [1.82, 2.24) is 10.2 Å². The predicted octanol–water partition coefficient (Wildman–Crippen LogP) is 3.64. The Morgan fingerprint density at radius 2 is 2.25 bits per heavy atom. The van der Waals surface area contributed by atoms with Gasteiger partial charge in [0.15, 0.2) is 0 Å². The smallest absolute Gasteiger partial charge is 0.234 e. The summed E-state index contributed by atoms with van der Waals surface area (Å²) in [4.78, 5) is 14.2. The Hall–Kier alpha value is -0.390. The monoisotopic (exact) mass is 358 g/mol. The minimum atomic E-state index is 0.153. The predicted molar refractivity (Wildman–Crippen MR) is 87.9 cm³/mol. The lowest BCUT2D eigenvalue weighted by Crippen LogP contribution is -2.44. The first-order valence-corrected chi connectivity index (χ1v) is 8.92. The summed E-state index contributed by atoms with van der Waals surface area (Å²) >= 11 is 5.15. The van der Waals surface area contributed by atoms with Crippen molar-refractivity contribution in [2.24, 2.45) is 5.92 Å². The number of amides is 1. The Morgan fingerprint density at radius 1 is 1.50 bits per heavy atom. The molecule has 2 unspecified atom stereocenters. The molecule has 1 N–H and O–H groups in total. The van der Waals surface area contributed by atoms with E-state index in [1.54, 1.807) is 11.3 Å². The van der Waals surface area contributed by atoms with Gasteiger partial charge in [-0.05, 0) is 58.7 Å². The van der Waals surface area contributed by atoms with Crippen LogP contribution < -0.4 is 5.32 Å². The van der Waals surface area contributed by atoms with Gasteiger partial charge in [0, 0.05) is 12.6 Å². The lowest BCUT2D eigenvalue weighted by atomic mass is 9.86. The Kier molecular flexibility index (Phi) is 6.05. The van der Waals surface area contributed by atoms with Crippen molar-refractivity contribution in [2.75, 3.05) is 13.6 Å². The van der Waals surface area contributed by atoms with Crippen LogP contribution in [0.15, 0.2) is 15.2 Å². The Bertz CT molecular complexity index is 449. The summed E-state index contributed by atoms with van der Waals surface area (Å²) in [5.74, 6) is 0.770. The molecule has 0 aliphatic heterocycles. The first-order chi connectivity index (χ1) is 9.54. The zero-order valence-electron chi connectivity index (χ0n) is 12.2. The number of hydrogen-bond acceptors (Lipinski definition) is 3. The van der Waals surface area contributed by atoms with Gasteiger partial charge in [0.05, 0.1) is 10.3 Å². The van der Waals surface area contributed by atoms with Crippen LogP contribution in [0.25, 0.3) is 0 Å². The highest BCUT2D eigenvalue weighted by Gasteiger charge is 2.23. The van der Waals surface area contributed by atoms with Crippen molar-refractivity contribution in [2.45, 2.75) is 45.2 Å². The number of nitrogens with one attached hydrogen (secondary N) is 1. The second kappa shape index (κ2) is 7.57. The highest BCUT2D eigenvalue weighted by atomic mass is 79.9. The summed E-state index contributed by atoms with van der Waals surface area (Å²) in [6.07, 6.45) is 4.92. The van der Waals surface area contributed by atoms with Gasteiger partial charge >= 0.3 is 0 Å². The van der Waals surface area contributed by atoms with Crippen LogP contribution in [-0.2, 0) is 11.3 Å². The fourth-order valence-corrected chi connectivity index (χ4v) is 4.02. The third kappa shape index (κ3) is 4.86. The number of halogens is 1. The fourth-order valence-electron chi connectivity index (χ4n) is 2.82. The Morgan fingerprint density at radius 3 is 2.90 bits per heavy atom. The molecule has 0 aromatic carbocycles. The summed E-state index contributed by atoms with van der Waals surface area (Å²) in [7, 11) is 2.00. The molecule has 1 heterocycles. The normalized spacial score (nSPS) is 23.0. The summed E-state index contributed by atoms with van der Waals surface area (Å²) in [5.41, 5.74) is 1.25. The van der Waals surface area contributed by atoms with Gasteiger partial charge in [-0.1, -0.05) is 19.8 Å². The SMILES string of the molecule is CC1CCCCC1NC(=O)CN(C)Cc1csc(Br)c1. The zero-order chi connectivity index (χ0) is 14.5. The van der Waals surface area contributed by atoms with E-state index in [2.05, 4.69) is 44.5 Å². The van der Waals surface area contributed by atoms with Crippen LogP contribution >= 0.6 is 27.3 Å². The summed E-state index contributed by atoms with van der Waals surface area (Å²) < 4.78 is 1.14. The molecule has 1 aliphatic carbocycles. The molecule has 3 nitrogen and oxygen atoms in total. The van der Waals surface area contributed by atoms with Crippen molar-refractivity contribution >= 4 is 33.2 Å². The molecule has 1 saturated carbocycles. The van der Waals surface area contributed by atoms with Gasteiger partial charge in [-0.2, -0.15) is 0 Å². The molecule has 20 heavy (non-hydrogen) atoms. The molecule has 1 aromatic rings. The summed E-state index contributed by atoms with van der Waals surface area (Å²) in [6.45, 7) is 3.53. The zero-order valence-corrected chi connectivity index (χ0v) is 14.6. The molecule has 2 atom stereocenters. The van der Waals surface area contributed by atoms with Crippen molar-refractivity contribution in [3.8, 4) is 0 Å². The molecule has 0 saturated heterocycles. The molecule has 1 aromatic heterocycles. The Labute approximate surface area is 133 Å². The highest BCUT2D eigenvalue weighted by molar-refractivity contribution is 9.11. The molecule has 1 amide bonds. The molecule has 0 radical (unpaired) electrons. The number of hydrogen-bond donors (Lipinski definition) is 1. The molecule has 112 valence electrons. The minimum Gasteiger partial charge on any atom is -0.352 e. The van der Waals surface area contributed by atoms with Crippen LogP contribution in [0.1, 0.15) is 38.2 Å². The van der Waals surface area contributed by atoms with E-state index in [1.165, 1.54) is 24.8 Å². The standard InChI is InChI=1S/C15H23BrN2OS/c1-11-5-3-4-6-13(11)17-15(19)9-18(2)8-12-7-14(16)20-10-12/h7,10-11,13H,3-6,8-9H2,1-2H3,(H,17,19). The van der Waals surface area contributed by atoms with E-state index < -0.39 is 0 Å². The maximum absolute atomic E-state index is 12.1. The van der Waals surface area contributed by atoms with Crippen LogP contribution in [0, 0.1) is 5.92 Å². The fraction of sp³-hybridized carbons (Fsp3) is 0.667. The largest absolute Gasteiger partial charge is 0.352 e. The van der Waals surface area contributed by atoms with Gasteiger partial charge in [-0.25, -0.2) is 0 Å². The first-order valence-electron chi connectivity index (χ1n) is 7.25. The number of carbonyl (C=O) groups excluding carboxylic acids is 1. The maximum Gasteiger partial charge on any atom is 0.234 e. The molecule has 0 bridgehead atoms. The van der Waals surface area contributed by atoms with Gasteiger partial charge < -0.3 is 5.32 Å². The molecular formula is C15H23BrN2OS. The van der Waals surface area contributed by atoms with Gasteiger partial charge in [0.1, 0.15) is 0 Å². The van der Waals surface area contributed by atoms with Crippen LogP contribution in [0.5, 0.6) is 0 Å². The molecule has 1 fully saturated rings. The third-order valence-electron chi connectivity index (χ3n) is 3.95. The van der Waals surface area contributed by atoms with Crippen molar-refractivity contribution < 1.29 is 4.79 Å². The van der Waals surface area contributed by atoms with Crippen LogP contribution in [0.3, 0.4) is 0 Å². The highest BCUT2D eigenvalue weighted by Crippen LogP contribution is 2.24. The molecule has 0 spiro atoms. The molecule has 1 aliphatic rings. The van der Waals surface area contributed by atoms with Crippen molar-refractivity contribution in [3.05, 3.63) is 20.8 Å². The number of thiophene rings is 1. The topological polar surface area (TPSA) is 32.3 Å². The van der Waals surface area contributed by atoms with E-state index in [9.17, 15) is 4.79 Å². The summed E-state index contributed by atoms with van der Waals surface area (Å²) in [6, 6.07) is 2.49.